The van der Waals surface area contributed by atoms with Gasteiger partial charge in [-0.2, -0.15) is 0 Å². The van der Waals surface area contributed by atoms with Gasteiger partial charge in [-0.3, -0.25) is 33.8 Å². The van der Waals surface area contributed by atoms with Crippen LogP contribution in [0.4, 0.5) is 0 Å². The zero-order valence-corrected chi connectivity index (χ0v) is 20.8. The van der Waals surface area contributed by atoms with Crippen LogP contribution >= 0.6 is 0 Å². The molecule has 0 bridgehead atoms. The molecule has 3 heterocycles. The minimum atomic E-state index is -1.18. The normalized spacial score (nSPS) is 22.1. The average Bonchev–Trinajstić information content (AvgIpc) is 3.15. The summed E-state index contributed by atoms with van der Waals surface area (Å²) in [6.07, 6.45) is 0.426. The predicted molar refractivity (Wildman–Crippen MR) is 127 cm³/mol. The molecule has 3 atom stereocenters. The number of ether oxygens (including phenoxy) is 2. The maximum atomic E-state index is 13.1. The molecule has 2 fully saturated rings. The van der Waals surface area contributed by atoms with Gasteiger partial charge < -0.3 is 14.8 Å². The van der Waals surface area contributed by atoms with Crippen molar-refractivity contribution in [3.05, 3.63) is 35.4 Å². The van der Waals surface area contributed by atoms with Gasteiger partial charge in [0.15, 0.2) is 6.73 Å². The number of carbonyl (C=O) groups excluding carboxylic acids is 6. The highest BCUT2D eigenvalue weighted by atomic mass is 16.5. The van der Waals surface area contributed by atoms with Gasteiger partial charge in [-0.1, -0.05) is 19.1 Å². The van der Waals surface area contributed by atoms with E-state index >= 15 is 0 Å². The Kier molecular flexibility index (Phi) is 7.98. The van der Waals surface area contributed by atoms with Gasteiger partial charge in [0, 0.05) is 19.5 Å². The van der Waals surface area contributed by atoms with E-state index in [2.05, 4.69) is 5.32 Å². The van der Waals surface area contributed by atoms with E-state index in [9.17, 15) is 28.8 Å². The first kappa shape index (κ1) is 26.4. The zero-order valence-electron chi connectivity index (χ0n) is 20.8. The number of hydrogen-bond acceptors (Lipinski definition) is 9. The molecule has 1 unspecified atom stereocenters. The average molecular weight is 515 g/mol. The summed E-state index contributed by atoms with van der Waals surface area (Å²) < 4.78 is 10.5. The highest BCUT2D eigenvalue weighted by Gasteiger charge is 2.47. The number of rotatable bonds is 8. The molecule has 0 aliphatic carbocycles. The number of imide groups is 2. The van der Waals surface area contributed by atoms with Crippen molar-refractivity contribution in [2.75, 3.05) is 33.0 Å². The van der Waals surface area contributed by atoms with Crippen molar-refractivity contribution in [1.29, 1.82) is 0 Å². The molecule has 12 nitrogen and oxygen atoms in total. The van der Waals surface area contributed by atoms with Gasteiger partial charge in [0.25, 0.3) is 17.7 Å². The molecule has 198 valence electrons. The first-order valence-electron chi connectivity index (χ1n) is 12.3. The second-order valence-corrected chi connectivity index (χ2v) is 9.14. The Hall–Kier alpha value is -3.64. The fourth-order valence-corrected chi connectivity index (χ4v) is 4.81. The maximum Gasteiger partial charge on any atom is 0.330 e. The molecular weight excluding hydrogens is 484 g/mol. The minimum absolute atomic E-state index is 0.0139. The molecule has 0 radical (unpaired) electrons. The lowest BCUT2D eigenvalue weighted by atomic mass is 10.0. The van der Waals surface area contributed by atoms with Gasteiger partial charge in [-0.25, -0.2) is 9.69 Å². The van der Waals surface area contributed by atoms with Crippen molar-refractivity contribution >= 4 is 35.5 Å². The molecule has 37 heavy (non-hydrogen) atoms. The van der Waals surface area contributed by atoms with E-state index in [4.69, 9.17) is 9.47 Å². The molecule has 3 aliphatic heterocycles. The second-order valence-electron chi connectivity index (χ2n) is 9.14. The molecule has 12 heteroatoms. The Labute approximate surface area is 213 Å². The first-order chi connectivity index (χ1) is 17.7. The monoisotopic (exact) mass is 514 g/mol. The number of morpholine rings is 1. The van der Waals surface area contributed by atoms with E-state index in [0.29, 0.717) is 32.7 Å². The summed E-state index contributed by atoms with van der Waals surface area (Å²) in [5, 5.41) is 2.63. The van der Waals surface area contributed by atoms with Crippen molar-refractivity contribution in [2.45, 2.75) is 51.2 Å². The molecule has 0 spiro atoms. The topological polar surface area (TPSA) is 143 Å². The van der Waals surface area contributed by atoms with Crippen LogP contribution in [0.25, 0.3) is 0 Å². The summed E-state index contributed by atoms with van der Waals surface area (Å²) >= 11 is 0. The Balaban J connectivity index is 1.35. The van der Waals surface area contributed by atoms with Crippen LogP contribution in [-0.2, 0) is 28.7 Å². The number of amides is 5. The standard InChI is InChI=1S/C25H30N4O8/c1-3-18(27-10-12-36-13-11-27)21(31)26-15(2)25(35)37-14-28-20(30)9-8-19(24(28)34)29-22(32)16-6-4-5-7-17(16)23(29)33/h4-7,15,18-19H,3,8-14H2,1-2H3,(H,26,31)/t15-,18?,19-/m0/s1. The first-order valence-corrected chi connectivity index (χ1v) is 12.3. The Bertz CT molecular complexity index is 1080. The highest BCUT2D eigenvalue weighted by molar-refractivity contribution is 6.23. The number of hydrogen-bond donors (Lipinski definition) is 1. The maximum absolute atomic E-state index is 13.1. The van der Waals surface area contributed by atoms with Crippen LogP contribution in [0, 0.1) is 0 Å². The molecule has 1 N–H and O–H groups in total. The Morgan fingerprint density at radius 3 is 2.30 bits per heavy atom. The number of likely N-dealkylation sites (tertiary alicyclic amines) is 1. The van der Waals surface area contributed by atoms with Gasteiger partial charge >= 0.3 is 5.97 Å². The number of carbonyl (C=O) groups is 6. The Morgan fingerprint density at radius 1 is 1.08 bits per heavy atom. The van der Waals surface area contributed by atoms with Crippen LogP contribution in [0.1, 0.15) is 53.8 Å². The van der Waals surface area contributed by atoms with Crippen molar-refractivity contribution in [1.82, 2.24) is 20.0 Å². The van der Waals surface area contributed by atoms with Gasteiger partial charge in [-0.15, -0.1) is 0 Å². The largest absolute Gasteiger partial charge is 0.442 e. The van der Waals surface area contributed by atoms with Gasteiger partial charge in [0.2, 0.25) is 11.8 Å². The molecule has 1 aromatic carbocycles. The number of nitrogens with zero attached hydrogens (tertiary/aromatic N) is 3. The van der Waals surface area contributed by atoms with E-state index < -0.39 is 54.5 Å². The fourth-order valence-electron chi connectivity index (χ4n) is 4.81. The molecular formula is C25H30N4O8. The number of esters is 1. The van der Waals surface area contributed by atoms with Crippen LogP contribution in [0.15, 0.2) is 24.3 Å². The summed E-state index contributed by atoms with van der Waals surface area (Å²) in [5.74, 6) is -3.74. The summed E-state index contributed by atoms with van der Waals surface area (Å²) in [6, 6.07) is 3.62. The third kappa shape index (κ3) is 5.25. The van der Waals surface area contributed by atoms with Crippen molar-refractivity contribution in [2.24, 2.45) is 0 Å². The highest BCUT2D eigenvalue weighted by Crippen LogP contribution is 2.29. The lowest BCUT2D eigenvalue weighted by Gasteiger charge is -2.34. The smallest absolute Gasteiger partial charge is 0.330 e. The lowest BCUT2D eigenvalue weighted by molar-refractivity contribution is -0.165. The number of piperidine rings is 1. The Morgan fingerprint density at radius 2 is 1.70 bits per heavy atom. The van der Waals surface area contributed by atoms with Crippen molar-refractivity contribution in [3.63, 3.8) is 0 Å². The number of benzene rings is 1. The van der Waals surface area contributed by atoms with Gasteiger partial charge in [-0.05, 0) is 31.9 Å². The predicted octanol–water partition coefficient (Wildman–Crippen LogP) is -0.0836. The third-order valence-electron chi connectivity index (χ3n) is 6.84. The van der Waals surface area contributed by atoms with Crippen LogP contribution in [0.3, 0.4) is 0 Å². The van der Waals surface area contributed by atoms with Crippen LogP contribution < -0.4 is 5.32 Å². The van der Waals surface area contributed by atoms with Crippen LogP contribution in [0.5, 0.6) is 0 Å². The van der Waals surface area contributed by atoms with E-state index in [1.807, 2.05) is 11.8 Å². The molecule has 1 aromatic rings. The van der Waals surface area contributed by atoms with Crippen molar-refractivity contribution in [3.8, 4) is 0 Å². The lowest BCUT2D eigenvalue weighted by Crippen LogP contribution is -2.57. The fraction of sp³-hybridized carbons (Fsp3) is 0.520. The molecule has 0 saturated carbocycles. The number of nitrogens with one attached hydrogen (secondary N) is 1. The van der Waals surface area contributed by atoms with Crippen LogP contribution in [0.2, 0.25) is 0 Å². The minimum Gasteiger partial charge on any atom is -0.442 e. The molecule has 0 aromatic heterocycles. The third-order valence-corrected chi connectivity index (χ3v) is 6.84. The summed E-state index contributed by atoms with van der Waals surface area (Å²) in [6.45, 7) is 4.92. The molecule has 2 saturated heterocycles. The zero-order chi connectivity index (χ0) is 26.7. The van der Waals surface area contributed by atoms with E-state index in [1.54, 1.807) is 12.1 Å². The second kappa shape index (κ2) is 11.2. The van der Waals surface area contributed by atoms with Gasteiger partial charge in [0.05, 0.1) is 30.4 Å². The molecule has 5 amide bonds. The quantitative estimate of drug-likeness (QED) is 0.372. The summed E-state index contributed by atoms with van der Waals surface area (Å²) in [5.41, 5.74) is 0.393. The van der Waals surface area contributed by atoms with Gasteiger partial charge in [0.1, 0.15) is 12.1 Å². The van der Waals surface area contributed by atoms with Crippen LogP contribution in [-0.4, -0.2) is 101 Å². The molecule has 4 rings (SSSR count). The van der Waals surface area contributed by atoms with E-state index in [-0.39, 0.29) is 29.9 Å². The van der Waals surface area contributed by atoms with E-state index in [0.717, 1.165) is 9.80 Å². The van der Waals surface area contributed by atoms with E-state index in [1.165, 1.54) is 19.1 Å². The molecule has 3 aliphatic rings. The number of fused-ring (bicyclic) bond motifs is 1. The van der Waals surface area contributed by atoms with Crippen molar-refractivity contribution < 1.29 is 38.2 Å². The SMILES string of the molecule is CCC(C(=O)N[C@@H](C)C(=O)OCN1C(=O)CC[C@H](N2C(=O)c3ccccc3C2=O)C1=O)N1CCOCC1. The summed E-state index contributed by atoms with van der Waals surface area (Å²) in [4.78, 5) is 80.1. The summed E-state index contributed by atoms with van der Waals surface area (Å²) in [7, 11) is 0.